The molecule has 220 valence electrons. The Bertz CT molecular complexity index is 1370. The number of nitrogens with zero attached hydrogens (tertiary/aromatic N) is 2. The minimum absolute atomic E-state index is 0.0996. The highest BCUT2D eigenvalue weighted by molar-refractivity contribution is 6.04. The predicted octanol–water partition coefficient (Wildman–Crippen LogP) is 8.25. The number of carbonyl (C=O) groups excluding carboxylic acids is 2. The van der Waals surface area contributed by atoms with Crippen molar-refractivity contribution in [1.82, 2.24) is 4.98 Å². The SMILES string of the molecule is CCC(C)(C)CC(=O)N(C[C@H]1CC[C@H](c2ccc(OC)c(C)c2)CC1)c1nccc2cc(C(=O)OC(C)C)ccc12. The maximum Gasteiger partial charge on any atom is 0.338 e. The van der Waals surface area contributed by atoms with Gasteiger partial charge in [0.15, 0.2) is 0 Å². The van der Waals surface area contributed by atoms with E-state index in [0.29, 0.717) is 36.2 Å². The minimum Gasteiger partial charge on any atom is -0.496 e. The van der Waals surface area contributed by atoms with Crippen LogP contribution in [0.4, 0.5) is 5.82 Å². The Morgan fingerprint density at radius 3 is 2.41 bits per heavy atom. The number of rotatable bonds is 10. The summed E-state index contributed by atoms with van der Waals surface area (Å²) in [6.45, 7) is 12.9. The van der Waals surface area contributed by atoms with E-state index >= 15 is 0 Å². The van der Waals surface area contributed by atoms with Gasteiger partial charge in [0.2, 0.25) is 5.91 Å². The lowest BCUT2D eigenvalue weighted by Gasteiger charge is -2.34. The molecule has 1 fully saturated rings. The Hall–Kier alpha value is -3.41. The zero-order valence-electron chi connectivity index (χ0n) is 25.8. The lowest BCUT2D eigenvalue weighted by molar-refractivity contribution is -0.120. The molecule has 0 bridgehead atoms. The van der Waals surface area contributed by atoms with Crippen LogP contribution in [0.25, 0.3) is 10.8 Å². The largest absolute Gasteiger partial charge is 0.496 e. The number of pyridine rings is 1. The summed E-state index contributed by atoms with van der Waals surface area (Å²) >= 11 is 0. The number of carbonyl (C=O) groups is 2. The lowest BCUT2D eigenvalue weighted by atomic mass is 9.78. The molecule has 3 aromatic rings. The van der Waals surface area contributed by atoms with Crippen molar-refractivity contribution in [2.24, 2.45) is 11.3 Å². The van der Waals surface area contributed by atoms with Crippen molar-refractivity contribution in [3.05, 3.63) is 65.4 Å². The molecule has 0 atom stereocenters. The van der Waals surface area contributed by atoms with Crippen LogP contribution in [0.3, 0.4) is 0 Å². The van der Waals surface area contributed by atoms with Crippen LogP contribution in [-0.4, -0.2) is 36.6 Å². The van der Waals surface area contributed by atoms with E-state index in [2.05, 4.69) is 45.9 Å². The van der Waals surface area contributed by atoms with Crippen LogP contribution in [0, 0.1) is 18.3 Å². The summed E-state index contributed by atoms with van der Waals surface area (Å²) in [4.78, 5) is 33.1. The first-order valence-corrected chi connectivity index (χ1v) is 15.1. The molecule has 0 saturated heterocycles. The molecule has 0 radical (unpaired) electrons. The van der Waals surface area contributed by atoms with E-state index in [0.717, 1.165) is 48.6 Å². The third-order valence-electron chi connectivity index (χ3n) is 8.64. The summed E-state index contributed by atoms with van der Waals surface area (Å²) in [5, 5.41) is 1.75. The van der Waals surface area contributed by atoms with Gasteiger partial charge in [0.25, 0.3) is 0 Å². The molecular weight excluding hydrogens is 512 g/mol. The van der Waals surface area contributed by atoms with E-state index in [-0.39, 0.29) is 23.4 Å². The minimum atomic E-state index is -0.346. The number of anilines is 1. The first-order valence-electron chi connectivity index (χ1n) is 15.1. The van der Waals surface area contributed by atoms with Crippen molar-refractivity contribution < 1.29 is 19.1 Å². The second-order valence-corrected chi connectivity index (χ2v) is 12.7. The standard InChI is InChI=1S/C35H46N2O4/c1-8-35(5,6)21-32(38)37(22-25-9-11-26(12-10-25)27-14-16-31(40-7)24(4)19-27)33-30-15-13-29(34(39)41-23(2)3)20-28(30)17-18-36-33/h13-20,23,25-26H,8-12,21-22H2,1-7H3/t25-,26-. The number of ether oxygens (including phenoxy) is 2. The molecule has 41 heavy (non-hydrogen) atoms. The fraction of sp³-hybridized carbons (Fsp3) is 0.514. The van der Waals surface area contributed by atoms with Gasteiger partial charge in [-0.1, -0.05) is 39.3 Å². The second-order valence-electron chi connectivity index (χ2n) is 12.7. The second kappa shape index (κ2) is 13.1. The normalized spacial score (nSPS) is 17.5. The van der Waals surface area contributed by atoms with Gasteiger partial charge >= 0.3 is 5.97 Å². The molecule has 1 aliphatic carbocycles. The Kier molecular flexibility index (Phi) is 9.72. The van der Waals surface area contributed by atoms with Crippen LogP contribution in [0.1, 0.15) is 101 Å². The monoisotopic (exact) mass is 558 g/mol. The maximum absolute atomic E-state index is 13.9. The number of amides is 1. The Morgan fingerprint density at radius 1 is 1.05 bits per heavy atom. The number of esters is 1. The molecular formula is C35H46N2O4. The molecule has 1 aromatic heterocycles. The number of aryl methyl sites for hydroxylation is 1. The van der Waals surface area contributed by atoms with Crippen LogP contribution in [0.5, 0.6) is 5.75 Å². The van der Waals surface area contributed by atoms with E-state index in [1.807, 2.05) is 36.9 Å². The van der Waals surface area contributed by atoms with Crippen LogP contribution in [0.15, 0.2) is 48.7 Å². The van der Waals surface area contributed by atoms with Gasteiger partial charge in [-0.15, -0.1) is 0 Å². The topological polar surface area (TPSA) is 68.7 Å². The summed E-state index contributed by atoms with van der Waals surface area (Å²) in [5.41, 5.74) is 2.95. The van der Waals surface area contributed by atoms with Crippen molar-refractivity contribution in [2.45, 2.75) is 92.1 Å². The zero-order chi connectivity index (χ0) is 29.7. The quantitative estimate of drug-likeness (QED) is 0.234. The van der Waals surface area contributed by atoms with Crippen molar-refractivity contribution in [1.29, 1.82) is 0 Å². The number of hydrogen-bond acceptors (Lipinski definition) is 5. The molecule has 0 aliphatic heterocycles. The molecule has 0 spiro atoms. The fourth-order valence-electron chi connectivity index (χ4n) is 5.81. The predicted molar refractivity (Wildman–Crippen MR) is 166 cm³/mol. The highest BCUT2D eigenvalue weighted by atomic mass is 16.5. The number of hydrogen-bond donors (Lipinski definition) is 0. The van der Waals surface area contributed by atoms with Crippen LogP contribution in [0.2, 0.25) is 0 Å². The highest BCUT2D eigenvalue weighted by Crippen LogP contribution is 2.39. The number of methoxy groups -OCH3 is 1. The molecule has 2 aromatic carbocycles. The summed E-state index contributed by atoms with van der Waals surface area (Å²) < 4.78 is 10.9. The molecule has 0 unspecified atom stereocenters. The number of aromatic nitrogens is 1. The van der Waals surface area contributed by atoms with Crippen LogP contribution >= 0.6 is 0 Å². The molecule has 1 amide bonds. The van der Waals surface area contributed by atoms with E-state index in [1.54, 1.807) is 19.4 Å². The van der Waals surface area contributed by atoms with E-state index in [9.17, 15) is 9.59 Å². The van der Waals surface area contributed by atoms with Crippen molar-refractivity contribution in [3.63, 3.8) is 0 Å². The van der Waals surface area contributed by atoms with Crippen molar-refractivity contribution in [2.75, 3.05) is 18.6 Å². The van der Waals surface area contributed by atoms with Gasteiger partial charge in [0, 0.05) is 24.5 Å². The summed E-state index contributed by atoms with van der Waals surface area (Å²) in [5.74, 6) is 2.29. The van der Waals surface area contributed by atoms with Gasteiger partial charge in [-0.2, -0.15) is 0 Å². The fourth-order valence-corrected chi connectivity index (χ4v) is 5.81. The average molecular weight is 559 g/mol. The van der Waals surface area contributed by atoms with Gasteiger partial charge in [0.05, 0.1) is 18.8 Å². The van der Waals surface area contributed by atoms with E-state index in [4.69, 9.17) is 14.5 Å². The lowest BCUT2D eigenvalue weighted by Crippen LogP contribution is -2.39. The van der Waals surface area contributed by atoms with Crippen LogP contribution < -0.4 is 9.64 Å². The van der Waals surface area contributed by atoms with E-state index in [1.165, 1.54) is 11.1 Å². The summed E-state index contributed by atoms with van der Waals surface area (Å²) in [7, 11) is 1.71. The Labute approximate surface area is 245 Å². The van der Waals surface area contributed by atoms with E-state index < -0.39 is 0 Å². The summed E-state index contributed by atoms with van der Waals surface area (Å²) in [6.07, 6.45) is 7.25. The van der Waals surface area contributed by atoms with Gasteiger partial charge < -0.3 is 9.47 Å². The Morgan fingerprint density at radius 2 is 1.78 bits per heavy atom. The Balaban J connectivity index is 1.58. The van der Waals surface area contributed by atoms with Gasteiger partial charge in [-0.25, -0.2) is 9.78 Å². The van der Waals surface area contributed by atoms with Crippen molar-refractivity contribution >= 4 is 28.5 Å². The molecule has 1 saturated carbocycles. The van der Waals surface area contributed by atoms with Crippen molar-refractivity contribution in [3.8, 4) is 5.75 Å². The molecule has 6 heteroatoms. The number of benzene rings is 2. The molecule has 6 nitrogen and oxygen atoms in total. The van der Waals surface area contributed by atoms with Gasteiger partial charge in [-0.3, -0.25) is 9.69 Å². The molecule has 4 rings (SSSR count). The highest BCUT2D eigenvalue weighted by Gasteiger charge is 2.31. The smallest absolute Gasteiger partial charge is 0.338 e. The zero-order valence-corrected chi connectivity index (χ0v) is 25.8. The van der Waals surface area contributed by atoms with Crippen LogP contribution in [-0.2, 0) is 9.53 Å². The average Bonchev–Trinajstić information content (AvgIpc) is 2.95. The van der Waals surface area contributed by atoms with Gasteiger partial charge in [-0.05, 0) is 111 Å². The molecule has 0 N–H and O–H groups in total. The summed E-state index contributed by atoms with van der Waals surface area (Å²) in [6, 6.07) is 14.0. The third-order valence-corrected chi connectivity index (χ3v) is 8.64. The number of fused-ring (bicyclic) bond motifs is 1. The first-order chi connectivity index (χ1) is 19.5. The molecule has 1 heterocycles. The third kappa shape index (κ3) is 7.46. The maximum atomic E-state index is 13.9. The van der Waals surface area contributed by atoms with Gasteiger partial charge in [0.1, 0.15) is 11.6 Å². The molecule has 1 aliphatic rings. The first kappa shape index (κ1) is 30.5.